The average molecular weight is 165 g/mol. The van der Waals surface area contributed by atoms with E-state index in [9.17, 15) is 0 Å². The lowest BCUT2D eigenvalue weighted by Gasteiger charge is -1.96. The summed E-state index contributed by atoms with van der Waals surface area (Å²) in [4.78, 5) is 2.50. The largest absolute Gasteiger partial charge is 0.291 e. The highest BCUT2D eigenvalue weighted by molar-refractivity contribution is 5.21. The molecule has 2 nitrogen and oxygen atoms in total. The monoisotopic (exact) mass is 165 g/mol. The molecule has 12 heavy (non-hydrogen) atoms. The van der Waals surface area contributed by atoms with E-state index in [1.54, 1.807) is 0 Å². The van der Waals surface area contributed by atoms with Crippen LogP contribution in [0.25, 0.3) is 0 Å². The van der Waals surface area contributed by atoms with Crippen LogP contribution in [0.1, 0.15) is 6.92 Å². The fraction of sp³-hybridized carbons (Fsp3) is 0.700. The van der Waals surface area contributed by atoms with Crippen LogP contribution in [0, 0.1) is 5.92 Å². The van der Waals surface area contributed by atoms with E-state index in [-0.39, 0.29) is 0 Å². The van der Waals surface area contributed by atoms with Gasteiger partial charge in [0.2, 0.25) is 0 Å². The lowest BCUT2D eigenvalue weighted by molar-refractivity contribution is -0.534. The molecule has 1 saturated heterocycles. The van der Waals surface area contributed by atoms with Crippen LogP contribution < -0.4 is 0 Å². The maximum atomic E-state index is 4.04. The zero-order valence-corrected chi connectivity index (χ0v) is 7.74. The smallest absolute Gasteiger partial charge is 0.176 e. The minimum absolute atomic E-state index is 0.648. The summed E-state index contributed by atoms with van der Waals surface area (Å²) in [7, 11) is 0. The molecule has 1 aliphatic heterocycles. The summed E-state index contributed by atoms with van der Waals surface area (Å²) in [6, 6.07) is 1.38. The van der Waals surface area contributed by atoms with Gasteiger partial charge in [0.25, 0.3) is 0 Å². The van der Waals surface area contributed by atoms with Crippen molar-refractivity contribution in [1.29, 1.82) is 0 Å². The second-order valence-electron chi connectivity index (χ2n) is 3.74. The molecule has 2 heteroatoms. The number of hydrogen-bond donors (Lipinski definition) is 0. The topological polar surface area (TPSA) is 6.02 Å². The van der Waals surface area contributed by atoms with E-state index < -0.39 is 0 Å². The van der Waals surface area contributed by atoms with Gasteiger partial charge in [0.15, 0.2) is 6.04 Å². The second kappa shape index (κ2) is 2.70. The Hall–Kier alpha value is -0.630. The molecule has 3 unspecified atom stereocenters. The third-order valence-electron chi connectivity index (χ3n) is 3.00. The highest BCUT2D eigenvalue weighted by atomic mass is 15.4. The molecule has 0 radical (unpaired) electrons. The first-order valence-corrected chi connectivity index (χ1v) is 4.73. The molecule has 0 amide bonds. The summed E-state index contributed by atoms with van der Waals surface area (Å²) in [5.41, 5.74) is 0. The van der Waals surface area contributed by atoms with Crippen LogP contribution in [-0.2, 0) is 0 Å². The summed E-state index contributed by atoms with van der Waals surface area (Å²) < 4.78 is 2.19. The van der Waals surface area contributed by atoms with E-state index >= 15 is 0 Å². The van der Waals surface area contributed by atoms with Crippen LogP contribution in [0.15, 0.2) is 12.7 Å². The first-order chi connectivity index (χ1) is 5.79. The lowest BCUT2D eigenvalue weighted by atomic mass is 10.4. The zero-order chi connectivity index (χ0) is 8.72. The molecular weight excluding hydrogens is 148 g/mol. The van der Waals surface area contributed by atoms with Gasteiger partial charge in [-0.05, 0) is 6.92 Å². The van der Waals surface area contributed by atoms with Crippen molar-refractivity contribution in [2.45, 2.75) is 19.0 Å². The molecule has 0 aromatic heterocycles. The quantitative estimate of drug-likeness (QED) is 0.256. The Morgan fingerprint density at radius 1 is 1.58 bits per heavy atom. The van der Waals surface area contributed by atoms with Gasteiger partial charge < -0.3 is 0 Å². The van der Waals surface area contributed by atoms with Gasteiger partial charge in [0.05, 0.1) is 12.0 Å². The van der Waals surface area contributed by atoms with E-state index in [4.69, 9.17) is 0 Å². The molecule has 0 N–H and O–H groups in total. The van der Waals surface area contributed by atoms with Crippen molar-refractivity contribution in [1.82, 2.24) is 4.90 Å². The highest BCUT2D eigenvalue weighted by Crippen LogP contribution is 2.42. The van der Waals surface area contributed by atoms with Gasteiger partial charge in [-0.15, -0.1) is 6.58 Å². The van der Waals surface area contributed by atoms with Crippen molar-refractivity contribution < 1.29 is 4.58 Å². The lowest BCUT2D eigenvalue weighted by Crippen LogP contribution is -2.18. The molecule has 66 valence electrons. The first kappa shape index (κ1) is 7.99. The molecule has 1 saturated carbocycles. The van der Waals surface area contributed by atoms with E-state index in [1.165, 1.54) is 13.1 Å². The van der Waals surface area contributed by atoms with Crippen LogP contribution >= 0.6 is 0 Å². The van der Waals surface area contributed by atoms with Crippen molar-refractivity contribution in [3.8, 4) is 0 Å². The number of hydrogen-bond acceptors (Lipinski definition) is 1. The van der Waals surface area contributed by atoms with Crippen LogP contribution in [0.2, 0.25) is 0 Å². The Labute approximate surface area is 74.2 Å². The summed E-state index contributed by atoms with van der Waals surface area (Å²) in [6.45, 7) is 13.7. The van der Waals surface area contributed by atoms with Crippen molar-refractivity contribution in [2.75, 3.05) is 19.6 Å². The Bertz CT molecular complexity index is 218. The number of rotatable bonds is 4. The van der Waals surface area contributed by atoms with Gasteiger partial charge in [0.1, 0.15) is 13.3 Å². The normalized spacial score (nSPS) is 39.2. The van der Waals surface area contributed by atoms with Gasteiger partial charge >= 0.3 is 0 Å². The van der Waals surface area contributed by atoms with Crippen molar-refractivity contribution in [3.63, 3.8) is 0 Å². The fourth-order valence-corrected chi connectivity index (χ4v) is 2.07. The van der Waals surface area contributed by atoms with E-state index in [1.807, 2.05) is 0 Å². The SMILES string of the molecule is C=CC1C(N2CC2)C1[N+](=C)CC. The Morgan fingerprint density at radius 2 is 2.25 bits per heavy atom. The van der Waals surface area contributed by atoms with Gasteiger partial charge in [-0.1, -0.05) is 6.08 Å². The Kier molecular flexibility index (Phi) is 1.80. The van der Waals surface area contributed by atoms with Crippen LogP contribution in [0.3, 0.4) is 0 Å². The highest BCUT2D eigenvalue weighted by Gasteiger charge is 2.61. The molecule has 3 atom stereocenters. The molecule has 1 aliphatic carbocycles. The second-order valence-corrected chi connectivity index (χ2v) is 3.74. The standard InChI is InChI=1S/C10H17N2/c1-4-8-9(11(3)5-2)10(8)12-6-7-12/h4,8-10H,1,3,5-7H2,2H3/q+1. The predicted octanol–water partition coefficient (Wildman–Crippen LogP) is 0.588. The van der Waals surface area contributed by atoms with Crippen LogP contribution in [0.4, 0.5) is 0 Å². The minimum Gasteiger partial charge on any atom is -0.291 e. The van der Waals surface area contributed by atoms with Crippen LogP contribution in [0.5, 0.6) is 0 Å². The van der Waals surface area contributed by atoms with Gasteiger partial charge in [-0.3, -0.25) is 4.90 Å². The molecule has 2 rings (SSSR count). The van der Waals surface area contributed by atoms with E-state index in [0.717, 1.165) is 12.6 Å². The Morgan fingerprint density at radius 3 is 2.67 bits per heavy atom. The molecule has 2 fully saturated rings. The summed E-state index contributed by atoms with van der Waals surface area (Å²) in [5.74, 6) is 0.671. The van der Waals surface area contributed by atoms with Gasteiger partial charge in [-0.2, -0.15) is 0 Å². The van der Waals surface area contributed by atoms with Crippen molar-refractivity contribution in [2.24, 2.45) is 5.92 Å². The summed E-state index contributed by atoms with van der Waals surface area (Å²) in [6.07, 6.45) is 2.08. The third-order valence-corrected chi connectivity index (χ3v) is 3.00. The minimum atomic E-state index is 0.648. The molecule has 2 aliphatic rings. The maximum absolute atomic E-state index is 4.04. The molecule has 0 bridgehead atoms. The number of likely N-dealkylation sites (N-methyl/N-ethyl adjacent to an activating group) is 1. The molecule has 0 aromatic rings. The first-order valence-electron chi connectivity index (χ1n) is 4.73. The zero-order valence-electron chi connectivity index (χ0n) is 7.74. The maximum Gasteiger partial charge on any atom is 0.176 e. The molecule has 1 heterocycles. The van der Waals surface area contributed by atoms with Crippen molar-refractivity contribution >= 4 is 6.72 Å². The molecular formula is C10H17N2+. The van der Waals surface area contributed by atoms with Crippen molar-refractivity contribution in [3.05, 3.63) is 12.7 Å². The summed E-state index contributed by atoms with van der Waals surface area (Å²) in [5, 5.41) is 0. The van der Waals surface area contributed by atoms with E-state index in [0.29, 0.717) is 12.0 Å². The van der Waals surface area contributed by atoms with E-state index in [2.05, 4.69) is 35.8 Å². The molecule has 0 aromatic carbocycles. The van der Waals surface area contributed by atoms with Gasteiger partial charge in [-0.25, -0.2) is 4.58 Å². The third kappa shape index (κ3) is 1.11. The van der Waals surface area contributed by atoms with Crippen LogP contribution in [-0.4, -0.2) is 47.9 Å². The fourth-order valence-electron chi connectivity index (χ4n) is 2.07. The summed E-state index contributed by atoms with van der Waals surface area (Å²) >= 11 is 0. The molecule has 0 spiro atoms. The number of nitrogens with zero attached hydrogens (tertiary/aromatic N) is 2. The van der Waals surface area contributed by atoms with Gasteiger partial charge in [0, 0.05) is 13.1 Å². The average Bonchev–Trinajstić information content (AvgIpc) is 2.93. The predicted molar refractivity (Wildman–Crippen MR) is 50.8 cm³/mol. The Balaban J connectivity index is 1.98.